The van der Waals surface area contributed by atoms with Crippen molar-refractivity contribution in [3.63, 3.8) is 0 Å². The molecule has 0 aliphatic rings. The van der Waals surface area contributed by atoms with E-state index in [1.165, 1.54) is 180 Å². The molecule has 0 rings (SSSR count). The molecule has 250 valence electrons. The van der Waals surface area contributed by atoms with Crippen LogP contribution >= 0.6 is 0 Å². The highest BCUT2D eigenvalue weighted by Crippen LogP contribution is 2.16. The largest absolute Gasteiger partial charge is 0.481 e. The lowest BCUT2D eigenvalue weighted by Crippen LogP contribution is -2.37. The molecule has 0 aliphatic carbocycles. The number of carbonyl (C=O) groups is 2. The number of hydrogen-bond acceptors (Lipinski definition) is 3. The van der Waals surface area contributed by atoms with Crippen LogP contribution in [0.25, 0.3) is 0 Å². The predicted molar refractivity (Wildman–Crippen MR) is 180 cm³/mol. The fraction of sp³-hybridized carbons (Fsp3) is 0.946. The number of hydrogen-bond donors (Lipinski definition) is 3. The Kier molecular flexibility index (Phi) is 33.5. The van der Waals surface area contributed by atoms with E-state index in [0.717, 1.165) is 12.8 Å². The average Bonchev–Trinajstić information content (AvgIpc) is 2.97. The highest BCUT2D eigenvalue weighted by atomic mass is 16.4. The Hall–Kier alpha value is -1.10. The summed E-state index contributed by atoms with van der Waals surface area (Å²) < 4.78 is 0. The van der Waals surface area contributed by atoms with Gasteiger partial charge in [-0.3, -0.25) is 9.59 Å². The molecule has 0 aromatic rings. The van der Waals surface area contributed by atoms with Crippen LogP contribution in [0.4, 0.5) is 0 Å². The molecular weight excluding hydrogens is 522 g/mol. The molecule has 0 saturated carbocycles. The Labute approximate surface area is 261 Å². The summed E-state index contributed by atoms with van der Waals surface area (Å²) in [6.07, 6.45) is 41.8. The zero-order valence-corrected chi connectivity index (χ0v) is 28.1. The molecule has 3 N–H and O–H groups in total. The molecule has 0 radical (unpaired) electrons. The molecule has 0 aliphatic heterocycles. The van der Waals surface area contributed by atoms with Crippen LogP contribution in [0, 0.1) is 0 Å². The molecule has 0 fully saturated rings. The lowest BCUT2D eigenvalue weighted by Gasteiger charge is -2.13. The number of nitrogens with one attached hydrogen (secondary N) is 1. The molecule has 0 saturated heterocycles. The molecule has 0 heterocycles. The summed E-state index contributed by atoms with van der Waals surface area (Å²) in [6, 6.07) is -0.746. The molecule has 0 spiro atoms. The second-order valence-corrected chi connectivity index (χ2v) is 13.0. The first-order valence-electron chi connectivity index (χ1n) is 18.8. The van der Waals surface area contributed by atoms with Gasteiger partial charge in [0.05, 0.1) is 0 Å². The smallest absolute Gasteiger partial charge is 0.320 e. The van der Waals surface area contributed by atoms with Gasteiger partial charge in [0.25, 0.3) is 0 Å². The quantitative estimate of drug-likeness (QED) is 0.0627. The lowest BCUT2D eigenvalue weighted by atomic mass is 10.0. The van der Waals surface area contributed by atoms with E-state index in [-0.39, 0.29) is 12.8 Å². The van der Waals surface area contributed by atoms with Gasteiger partial charge in [-0.15, -0.1) is 0 Å². The molecule has 0 aromatic carbocycles. The van der Waals surface area contributed by atoms with Gasteiger partial charge in [-0.05, 0) is 19.4 Å². The second kappa shape index (κ2) is 34.4. The summed E-state index contributed by atoms with van der Waals surface area (Å²) in [6.45, 7) is 2.94. The fourth-order valence-electron chi connectivity index (χ4n) is 6.00. The topological polar surface area (TPSA) is 86.6 Å². The van der Waals surface area contributed by atoms with Crippen molar-refractivity contribution in [3.05, 3.63) is 0 Å². The van der Waals surface area contributed by atoms with E-state index in [0.29, 0.717) is 6.54 Å². The van der Waals surface area contributed by atoms with Gasteiger partial charge in [-0.1, -0.05) is 193 Å². The van der Waals surface area contributed by atoms with Crippen LogP contribution < -0.4 is 5.32 Å². The van der Waals surface area contributed by atoms with Crippen LogP contribution in [-0.2, 0) is 9.59 Å². The number of unbranched alkanes of at least 4 members (excludes halogenated alkanes) is 29. The van der Waals surface area contributed by atoms with Gasteiger partial charge >= 0.3 is 11.9 Å². The van der Waals surface area contributed by atoms with Crippen LogP contribution in [0.15, 0.2) is 0 Å². The van der Waals surface area contributed by atoms with E-state index < -0.39 is 18.0 Å². The first-order valence-corrected chi connectivity index (χ1v) is 18.8. The highest BCUT2D eigenvalue weighted by molar-refractivity contribution is 5.75. The summed E-state index contributed by atoms with van der Waals surface area (Å²) in [5.41, 5.74) is 0. The summed E-state index contributed by atoms with van der Waals surface area (Å²) >= 11 is 0. The number of carboxylic acid groups (broad SMARTS) is 2. The third kappa shape index (κ3) is 33.4. The predicted octanol–water partition coefficient (Wildman–Crippen LogP) is 11.6. The number of rotatable bonds is 36. The van der Waals surface area contributed by atoms with Crippen molar-refractivity contribution < 1.29 is 19.8 Å². The molecule has 42 heavy (non-hydrogen) atoms. The van der Waals surface area contributed by atoms with E-state index in [2.05, 4.69) is 12.2 Å². The van der Waals surface area contributed by atoms with Crippen molar-refractivity contribution in [1.82, 2.24) is 5.32 Å². The molecular formula is C37H73NO4. The summed E-state index contributed by atoms with van der Waals surface area (Å²) in [7, 11) is 0. The third-order valence-electron chi connectivity index (χ3n) is 8.87. The first kappa shape index (κ1) is 40.9. The van der Waals surface area contributed by atoms with Gasteiger partial charge < -0.3 is 15.5 Å². The van der Waals surface area contributed by atoms with Crippen LogP contribution in [-0.4, -0.2) is 34.7 Å². The second-order valence-electron chi connectivity index (χ2n) is 13.0. The Morgan fingerprint density at radius 1 is 0.452 bits per heavy atom. The average molecular weight is 596 g/mol. The van der Waals surface area contributed by atoms with Gasteiger partial charge in [-0.25, -0.2) is 0 Å². The van der Waals surface area contributed by atoms with Gasteiger partial charge in [0.1, 0.15) is 6.04 Å². The van der Waals surface area contributed by atoms with E-state index in [9.17, 15) is 9.59 Å². The van der Waals surface area contributed by atoms with E-state index in [1.54, 1.807) is 0 Å². The maximum atomic E-state index is 11.2. The standard InChI is InChI=1S/C37H73NO4/c1-2-3-4-5-6-7-8-9-10-11-12-13-14-15-16-17-18-19-20-21-22-23-24-25-26-27-28-29-30-31-34-38-35(37(41)42)32-33-36(39)40/h35,38H,2-34H2,1H3,(H,39,40)(H,41,42). The Balaban J connectivity index is 3.16. The SMILES string of the molecule is CCCCCCCCCCCCCCCCCCCCCCCCCCCCCCCCNC(CCC(=O)O)C(=O)O. The van der Waals surface area contributed by atoms with Crippen LogP contribution in [0.3, 0.4) is 0 Å². The molecule has 1 atom stereocenters. The Morgan fingerprint density at radius 2 is 0.714 bits per heavy atom. The van der Waals surface area contributed by atoms with Gasteiger partial charge in [-0.2, -0.15) is 0 Å². The van der Waals surface area contributed by atoms with Gasteiger partial charge in [0.15, 0.2) is 0 Å². The molecule has 5 heteroatoms. The fourth-order valence-corrected chi connectivity index (χ4v) is 6.00. The minimum atomic E-state index is -0.957. The third-order valence-corrected chi connectivity index (χ3v) is 8.87. The Morgan fingerprint density at radius 3 is 0.952 bits per heavy atom. The lowest BCUT2D eigenvalue weighted by molar-refractivity contribution is -0.140. The molecule has 5 nitrogen and oxygen atoms in total. The van der Waals surface area contributed by atoms with Gasteiger partial charge in [0, 0.05) is 6.42 Å². The first-order chi connectivity index (χ1) is 20.6. The maximum absolute atomic E-state index is 11.2. The molecule has 0 amide bonds. The van der Waals surface area contributed by atoms with Crippen LogP contribution in [0.5, 0.6) is 0 Å². The van der Waals surface area contributed by atoms with Crippen molar-refractivity contribution in [2.24, 2.45) is 0 Å². The minimum absolute atomic E-state index is 0.108. The monoisotopic (exact) mass is 596 g/mol. The summed E-state index contributed by atoms with van der Waals surface area (Å²) in [5.74, 6) is -1.90. The number of aliphatic carboxylic acids is 2. The van der Waals surface area contributed by atoms with Crippen molar-refractivity contribution in [2.45, 2.75) is 218 Å². The molecule has 0 aromatic heterocycles. The number of carboxylic acids is 2. The van der Waals surface area contributed by atoms with Crippen molar-refractivity contribution >= 4 is 11.9 Å². The van der Waals surface area contributed by atoms with Crippen LogP contribution in [0.1, 0.15) is 212 Å². The van der Waals surface area contributed by atoms with E-state index in [1.807, 2.05) is 0 Å². The van der Waals surface area contributed by atoms with E-state index >= 15 is 0 Å². The van der Waals surface area contributed by atoms with Crippen LogP contribution in [0.2, 0.25) is 0 Å². The van der Waals surface area contributed by atoms with Gasteiger partial charge in [0.2, 0.25) is 0 Å². The Bertz CT molecular complexity index is 568. The van der Waals surface area contributed by atoms with Crippen molar-refractivity contribution in [3.8, 4) is 0 Å². The zero-order chi connectivity index (χ0) is 30.8. The minimum Gasteiger partial charge on any atom is -0.481 e. The maximum Gasteiger partial charge on any atom is 0.320 e. The summed E-state index contributed by atoms with van der Waals surface area (Å²) in [5, 5.41) is 20.8. The normalized spacial score (nSPS) is 12.1. The zero-order valence-electron chi connectivity index (χ0n) is 28.1. The van der Waals surface area contributed by atoms with Crippen molar-refractivity contribution in [2.75, 3.05) is 6.54 Å². The molecule has 1 unspecified atom stereocenters. The summed E-state index contributed by atoms with van der Waals surface area (Å²) in [4.78, 5) is 21.8. The van der Waals surface area contributed by atoms with Crippen molar-refractivity contribution in [1.29, 1.82) is 0 Å². The highest BCUT2D eigenvalue weighted by Gasteiger charge is 2.17. The van der Waals surface area contributed by atoms with E-state index in [4.69, 9.17) is 10.2 Å². The molecule has 0 bridgehead atoms.